The number of fused-ring (bicyclic) bond motifs is 3. The molecule has 0 aliphatic rings. The molecule has 0 bridgehead atoms. The van der Waals surface area contributed by atoms with Crippen LogP contribution in [0.15, 0.2) is 219 Å². The molecule has 0 aliphatic heterocycles. The van der Waals surface area contributed by atoms with E-state index < -0.39 is 8.07 Å². The van der Waals surface area contributed by atoms with Gasteiger partial charge >= 0.3 is 0 Å². The van der Waals surface area contributed by atoms with Crippen molar-refractivity contribution in [1.82, 2.24) is 19.9 Å². The summed E-state index contributed by atoms with van der Waals surface area (Å²) < 4.78 is 0. The molecule has 10 rings (SSSR count). The topological polar surface area (TPSA) is 51.6 Å². The molecule has 0 fully saturated rings. The maximum absolute atomic E-state index is 5.41. The van der Waals surface area contributed by atoms with E-state index in [2.05, 4.69) is 164 Å². The summed E-state index contributed by atoms with van der Waals surface area (Å²) in [6, 6.07) is 73.6. The maximum atomic E-state index is 5.41. The Morgan fingerprint density at radius 2 is 0.702 bits per heavy atom. The van der Waals surface area contributed by atoms with E-state index in [1.54, 1.807) is 0 Å². The second kappa shape index (κ2) is 14.7. The Morgan fingerprint density at radius 1 is 0.298 bits per heavy atom. The first kappa shape index (κ1) is 34.2. The van der Waals surface area contributed by atoms with Gasteiger partial charge in [-0.2, -0.15) is 0 Å². The van der Waals surface area contributed by atoms with Gasteiger partial charge in [0.05, 0.1) is 33.8 Å². The van der Waals surface area contributed by atoms with Crippen molar-refractivity contribution in [2.75, 3.05) is 0 Å². The van der Waals surface area contributed by atoms with Gasteiger partial charge in [0.25, 0.3) is 0 Å². The van der Waals surface area contributed by atoms with Crippen molar-refractivity contribution in [3.8, 4) is 45.0 Å². The molecule has 6 aromatic carbocycles. The van der Waals surface area contributed by atoms with Crippen LogP contribution >= 0.6 is 0 Å². The largest absolute Gasteiger partial charge is 0.255 e. The van der Waals surface area contributed by atoms with Gasteiger partial charge in [-0.15, -0.1) is 0 Å². The summed E-state index contributed by atoms with van der Waals surface area (Å²) in [4.78, 5) is 20.3. The molecule has 0 unspecified atom stereocenters. The zero-order chi connectivity index (χ0) is 38.0. The van der Waals surface area contributed by atoms with Crippen LogP contribution in [0, 0.1) is 0 Å². The number of pyridine rings is 4. The highest BCUT2D eigenvalue weighted by Crippen LogP contribution is 2.39. The van der Waals surface area contributed by atoms with Crippen molar-refractivity contribution in [3.63, 3.8) is 0 Å². The molecule has 5 heteroatoms. The molecule has 0 radical (unpaired) electrons. The highest BCUT2D eigenvalue weighted by Gasteiger charge is 2.41. The fourth-order valence-corrected chi connectivity index (χ4v) is 13.1. The van der Waals surface area contributed by atoms with Crippen LogP contribution in [0.2, 0.25) is 0 Å². The summed E-state index contributed by atoms with van der Waals surface area (Å²) in [6.45, 7) is 0. The summed E-state index contributed by atoms with van der Waals surface area (Å²) in [5, 5.41) is 7.35. The van der Waals surface area contributed by atoms with Gasteiger partial charge in [0.1, 0.15) is 0 Å². The highest BCUT2D eigenvalue weighted by molar-refractivity contribution is 7.19. The van der Waals surface area contributed by atoms with E-state index in [0.29, 0.717) is 0 Å². The van der Waals surface area contributed by atoms with E-state index in [4.69, 9.17) is 19.9 Å². The van der Waals surface area contributed by atoms with Gasteiger partial charge in [-0.05, 0) is 79.4 Å². The molecule has 0 aliphatic carbocycles. The summed E-state index contributed by atoms with van der Waals surface area (Å²) in [5.74, 6) is 0. The molecule has 57 heavy (non-hydrogen) atoms. The van der Waals surface area contributed by atoms with Crippen LogP contribution in [0.5, 0.6) is 0 Å². The van der Waals surface area contributed by atoms with Crippen molar-refractivity contribution in [1.29, 1.82) is 0 Å². The molecule has 0 amide bonds. The molecule has 4 heterocycles. The summed E-state index contributed by atoms with van der Waals surface area (Å²) >= 11 is 0. The first-order valence-electron chi connectivity index (χ1n) is 19.2. The quantitative estimate of drug-likeness (QED) is 0.0884. The van der Waals surface area contributed by atoms with Crippen molar-refractivity contribution in [3.05, 3.63) is 219 Å². The van der Waals surface area contributed by atoms with E-state index in [9.17, 15) is 0 Å². The second-order valence-corrected chi connectivity index (χ2v) is 18.0. The molecule has 0 saturated carbocycles. The van der Waals surface area contributed by atoms with Crippen molar-refractivity contribution in [2.24, 2.45) is 0 Å². The van der Waals surface area contributed by atoms with Crippen LogP contribution in [-0.2, 0) is 0 Å². The van der Waals surface area contributed by atoms with Gasteiger partial charge in [-0.3, -0.25) is 9.97 Å². The molecular weight excluding hydrogens is 709 g/mol. The number of hydrogen-bond acceptors (Lipinski definition) is 4. The Hall–Kier alpha value is -7.34. The number of benzene rings is 6. The fourth-order valence-electron chi connectivity index (χ4n) is 8.35. The normalized spacial score (nSPS) is 11.5. The Balaban J connectivity index is 1.28. The summed E-state index contributed by atoms with van der Waals surface area (Å²) in [7, 11) is -2.79. The van der Waals surface area contributed by atoms with Gasteiger partial charge < -0.3 is 0 Å². The first-order valence-corrected chi connectivity index (χ1v) is 21.2. The van der Waals surface area contributed by atoms with Crippen LogP contribution in [-0.4, -0.2) is 28.0 Å². The van der Waals surface area contributed by atoms with E-state index in [1.165, 1.54) is 20.7 Å². The third-order valence-corrected chi connectivity index (χ3v) is 15.7. The number of aromatic nitrogens is 4. The van der Waals surface area contributed by atoms with Crippen molar-refractivity contribution < 1.29 is 0 Å². The zero-order valence-corrected chi connectivity index (χ0v) is 32.1. The summed E-state index contributed by atoms with van der Waals surface area (Å²) in [6.07, 6.45) is 3.65. The van der Waals surface area contributed by atoms with Gasteiger partial charge in [0.2, 0.25) is 0 Å². The molecule has 0 N–H and O–H groups in total. The third kappa shape index (κ3) is 6.11. The minimum atomic E-state index is -2.79. The van der Waals surface area contributed by atoms with Gasteiger partial charge in [0.15, 0.2) is 8.07 Å². The van der Waals surface area contributed by atoms with Crippen LogP contribution in [0.4, 0.5) is 0 Å². The van der Waals surface area contributed by atoms with Gasteiger partial charge in [-0.1, -0.05) is 170 Å². The van der Waals surface area contributed by atoms with Gasteiger partial charge in [-0.25, -0.2) is 9.97 Å². The number of nitrogens with zero attached hydrogens (tertiary/aromatic N) is 4. The van der Waals surface area contributed by atoms with Crippen molar-refractivity contribution >= 4 is 50.6 Å². The second-order valence-electron chi connectivity index (χ2n) is 14.2. The van der Waals surface area contributed by atoms with Crippen LogP contribution in [0.25, 0.3) is 66.8 Å². The standard InChI is InChI=1S/C52H36N4Si/c1-5-18-37(19-6-1)45-35-49(47-28-13-15-32-53-47)55-51-43(45)30-31-44-46(36-50(56-52(44)51)48-29-14-16-33-54-48)38-20-17-27-42(34-38)57(39-21-7-2-8-22-39,40-23-9-3-10-24-40)41-25-11-4-12-26-41/h1-36H. The molecule has 0 atom stereocenters. The predicted octanol–water partition coefficient (Wildman–Crippen LogP) is 9.62. The smallest absolute Gasteiger partial charge is 0.179 e. The van der Waals surface area contributed by atoms with E-state index >= 15 is 0 Å². The lowest BCUT2D eigenvalue weighted by molar-refractivity contribution is 1.26. The van der Waals surface area contributed by atoms with Crippen LogP contribution in [0.3, 0.4) is 0 Å². The lowest BCUT2D eigenvalue weighted by Crippen LogP contribution is -2.74. The molecule has 10 aromatic rings. The zero-order valence-electron chi connectivity index (χ0n) is 31.1. The van der Waals surface area contributed by atoms with Gasteiger partial charge in [0, 0.05) is 23.2 Å². The van der Waals surface area contributed by atoms with E-state index in [-0.39, 0.29) is 0 Å². The fraction of sp³-hybridized carbons (Fsp3) is 0. The predicted molar refractivity (Wildman–Crippen MR) is 238 cm³/mol. The minimum absolute atomic E-state index is 0.792. The SMILES string of the molecule is c1ccc(-c2cc(-c3ccccn3)nc3c2ccc2c(-c4cccc([Si](c5ccccc5)(c5ccccc5)c5ccccc5)c4)cc(-c4ccccn4)nc23)cc1. The Bertz CT molecular complexity index is 2880. The lowest BCUT2D eigenvalue weighted by Gasteiger charge is -2.34. The highest BCUT2D eigenvalue weighted by atomic mass is 28.3. The summed E-state index contributed by atoms with van der Waals surface area (Å²) in [5.41, 5.74) is 9.24. The third-order valence-electron chi connectivity index (χ3n) is 10.9. The molecule has 0 saturated heterocycles. The minimum Gasteiger partial charge on any atom is -0.255 e. The van der Waals surface area contributed by atoms with Crippen LogP contribution in [0.1, 0.15) is 0 Å². The monoisotopic (exact) mass is 744 g/mol. The molecule has 4 nitrogen and oxygen atoms in total. The first-order chi connectivity index (χ1) is 28.3. The maximum Gasteiger partial charge on any atom is 0.179 e. The number of rotatable bonds is 8. The Morgan fingerprint density at radius 3 is 1.16 bits per heavy atom. The van der Waals surface area contributed by atoms with E-state index in [1.807, 2.05) is 54.9 Å². The molecule has 4 aromatic heterocycles. The molecule has 0 spiro atoms. The number of hydrogen-bond donors (Lipinski definition) is 0. The Kier molecular flexibility index (Phi) is 8.82. The van der Waals surface area contributed by atoms with Crippen LogP contribution < -0.4 is 20.7 Å². The van der Waals surface area contributed by atoms with E-state index in [0.717, 1.165) is 66.8 Å². The Labute approximate surface area is 332 Å². The van der Waals surface area contributed by atoms with Crippen molar-refractivity contribution in [2.45, 2.75) is 0 Å². The molecule has 268 valence electrons. The molecular formula is C52H36N4Si. The average molecular weight is 745 g/mol. The average Bonchev–Trinajstić information content (AvgIpc) is 3.30. The lowest BCUT2D eigenvalue weighted by atomic mass is 9.94.